The zero-order valence-electron chi connectivity index (χ0n) is 12.6. The lowest BCUT2D eigenvalue weighted by molar-refractivity contribution is -0.118. The molecule has 5 heteroatoms. The molecule has 1 N–H and O–H groups in total. The van der Waals surface area contributed by atoms with Gasteiger partial charge in [-0.3, -0.25) is 4.79 Å². The normalized spacial score (nSPS) is 15.2. The van der Waals surface area contributed by atoms with Crippen molar-refractivity contribution in [3.8, 4) is 0 Å². The molecule has 1 aromatic rings. The molecule has 0 aliphatic heterocycles. The number of hydrogen-bond donors (Lipinski definition) is 1. The van der Waals surface area contributed by atoms with Gasteiger partial charge in [0.2, 0.25) is 5.91 Å². The van der Waals surface area contributed by atoms with Crippen molar-refractivity contribution >= 4 is 15.7 Å². The molecule has 0 unspecified atom stereocenters. The molecule has 1 aliphatic carbocycles. The molecule has 0 aromatic heterocycles. The molecule has 4 nitrogen and oxygen atoms in total. The summed E-state index contributed by atoms with van der Waals surface area (Å²) >= 11 is 0. The van der Waals surface area contributed by atoms with Crippen molar-refractivity contribution in [3.05, 3.63) is 35.4 Å². The van der Waals surface area contributed by atoms with Crippen molar-refractivity contribution in [1.29, 1.82) is 0 Å². The molecule has 1 aromatic carbocycles. The van der Waals surface area contributed by atoms with Crippen LogP contribution < -0.4 is 5.32 Å². The number of hydrogen-bond acceptors (Lipinski definition) is 3. The summed E-state index contributed by atoms with van der Waals surface area (Å²) in [7, 11) is -3.41. The van der Waals surface area contributed by atoms with E-state index in [-0.39, 0.29) is 11.7 Å². The first kappa shape index (κ1) is 16.0. The maximum absolute atomic E-state index is 12.0. The van der Waals surface area contributed by atoms with Gasteiger partial charge >= 0.3 is 0 Å². The molecular formula is C16H23NO3S. The molecule has 1 fully saturated rings. The van der Waals surface area contributed by atoms with Gasteiger partial charge in [-0.2, -0.15) is 0 Å². The van der Waals surface area contributed by atoms with E-state index in [0.717, 1.165) is 18.4 Å². The van der Waals surface area contributed by atoms with Crippen LogP contribution in [0.2, 0.25) is 0 Å². The molecule has 2 rings (SSSR count). The van der Waals surface area contributed by atoms with Gasteiger partial charge in [-0.25, -0.2) is 8.42 Å². The van der Waals surface area contributed by atoms with Crippen LogP contribution in [0.5, 0.6) is 0 Å². The molecule has 0 bridgehead atoms. The first-order chi connectivity index (χ1) is 9.85. The molecule has 0 atom stereocenters. The van der Waals surface area contributed by atoms with Gasteiger partial charge in [0.1, 0.15) is 5.75 Å². The Morgan fingerprint density at radius 2 is 1.86 bits per heavy atom. The van der Waals surface area contributed by atoms with Crippen LogP contribution in [0.4, 0.5) is 0 Å². The quantitative estimate of drug-likeness (QED) is 0.840. The average Bonchev–Trinajstić information content (AvgIpc) is 3.19. The van der Waals surface area contributed by atoms with Crippen molar-refractivity contribution in [2.45, 2.75) is 38.4 Å². The average molecular weight is 309 g/mol. The van der Waals surface area contributed by atoms with E-state index in [1.165, 1.54) is 5.56 Å². The van der Waals surface area contributed by atoms with Crippen LogP contribution in [0.1, 0.15) is 43.7 Å². The van der Waals surface area contributed by atoms with Gasteiger partial charge in [0.15, 0.2) is 9.84 Å². The number of sulfone groups is 1. The number of carbonyl (C=O) groups excluding carboxylic acids is 1. The third kappa shape index (κ3) is 5.50. The fraction of sp³-hybridized carbons (Fsp3) is 0.562. The minimum atomic E-state index is -3.41. The van der Waals surface area contributed by atoms with Crippen LogP contribution in [0, 0.1) is 5.92 Å². The zero-order chi connectivity index (χ0) is 15.5. The van der Waals surface area contributed by atoms with Crippen molar-refractivity contribution in [2.24, 2.45) is 5.92 Å². The first-order valence-electron chi connectivity index (χ1n) is 7.41. The number of amides is 1. The van der Waals surface area contributed by atoms with Crippen molar-refractivity contribution in [2.75, 3.05) is 12.3 Å². The van der Waals surface area contributed by atoms with E-state index in [1.54, 1.807) is 0 Å². The van der Waals surface area contributed by atoms with Gasteiger partial charge in [0.05, 0.1) is 5.75 Å². The van der Waals surface area contributed by atoms with Gasteiger partial charge in [-0.05, 0) is 35.8 Å². The highest BCUT2D eigenvalue weighted by Crippen LogP contribution is 2.27. The Kier molecular flexibility index (Phi) is 5.04. The van der Waals surface area contributed by atoms with E-state index in [4.69, 9.17) is 0 Å². The van der Waals surface area contributed by atoms with Crippen molar-refractivity contribution in [1.82, 2.24) is 5.32 Å². The summed E-state index contributed by atoms with van der Waals surface area (Å²) in [5.74, 6) is 0.0817. The second kappa shape index (κ2) is 6.60. The largest absolute Gasteiger partial charge is 0.355 e. The van der Waals surface area contributed by atoms with E-state index in [1.807, 2.05) is 24.3 Å². The Morgan fingerprint density at radius 3 is 2.38 bits per heavy atom. The number of carbonyl (C=O) groups is 1. The van der Waals surface area contributed by atoms with Gasteiger partial charge in [0.25, 0.3) is 0 Å². The summed E-state index contributed by atoms with van der Waals surface area (Å²) in [6, 6.07) is 7.55. The molecule has 1 saturated carbocycles. The first-order valence-corrected chi connectivity index (χ1v) is 9.24. The third-order valence-corrected chi connectivity index (χ3v) is 5.14. The van der Waals surface area contributed by atoms with Gasteiger partial charge < -0.3 is 5.32 Å². The topological polar surface area (TPSA) is 63.2 Å². The Labute approximate surface area is 126 Å². The van der Waals surface area contributed by atoms with Crippen LogP contribution >= 0.6 is 0 Å². The molecule has 21 heavy (non-hydrogen) atoms. The minimum absolute atomic E-state index is 0.0811. The lowest BCUT2D eigenvalue weighted by Gasteiger charge is -2.08. The fourth-order valence-electron chi connectivity index (χ4n) is 2.13. The standard InChI is InChI=1S/C16H23NO3S/c1-12(2)15-7-5-14(6-8-15)10-21(19,20)11-16(18)17-9-13-3-4-13/h5-8,12-13H,3-4,9-11H2,1-2H3,(H,17,18). The van der Waals surface area contributed by atoms with Crippen LogP contribution in [-0.2, 0) is 20.4 Å². The van der Waals surface area contributed by atoms with Gasteiger partial charge in [-0.15, -0.1) is 0 Å². The Bertz CT molecular complexity index is 586. The molecule has 0 saturated heterocycles. The minimum Gasteiger partial charge on any atom is -0.355 e. The van der Waals surface area contributed by atoms with E-state index in [9.17, 15) is 13.2 Å². The Morgan fingerprint density at radius 1 is 1.24 bits per heavy atom. The van der Waals surface area contributed by atoms with Crippen molar-refractivity contribution < 1.29 is 13.2 Å². The summed E-state index contributed by atoms with van der Waals surface area (Å²) in [6.07, 6.45) is 2.27. The van der Waals surface area contributed by atoms with Crippen LogP contribution in [0.15, 0.2) is 24.3 Å². The highest BCUT2D eigenvalue weighted by molar-refractivity contribution is 7.91. The smallest absolute Gasteiger partial charge is 0.235 e. The van der Waals surface area contributed by atoms with Crippen LogP contribution in [-0.4, -0.2) is 26.6 Å². The highest BCUT2D eigenvalue weighted by Gasteiger charge is 2.23. The predicted octanol–water partition coefficient (Wildman–Crippen LogP) is 2.25. The SMILES string of the molecule is CC(C)c1ccc(CS(=O)(=O)CC(=O)NCC2CC2)cc1. The fourth-order valence-corrected chi connectivity index (χ4v) is 3.44. The predicted molar refractivity (Wildman–Crippen MR) is 83.8 cm³/mol. The second-order valence-corrected chi connectivity index (χ2v) is 8.24. The molecule has 0 spiro atoms. The Balaban J connectivity index is 1.88. The van der Waals surface area contributed by atoms with Gasteiger partial charge in [0, 0.05) is 6.54 Å². The molecule has 116 valence electrons. The number of benzene rings is 1. The molecule has 1 aliphatic rings. The van der Waals surface area contributed by atoms with Gasteiger partial charge in [-0.1, -0.05) is 38.1 Å². The molecular weight excluding hydrogens is 286 g/mol. The second-order valence-electron chi connectivity index (χ2n) is 6.18. The lowest BCUT2D eigenvalue weighted by atomic mass is 10.0. The third-order valence-electron chi connectivity index (χ3n) is 3.67. The maximum Gasteiger partial charge on any atom is 0.235 e. The van der Waals surface area contributed by atoms with E-state index in [2.05, 4.69) is 19.2 Å². The van der Waals surface area contributed by atoms with E-state index in [0.29, 0.717) is 18.4 Å². The van der Waals surface area contributed by atoms with Crippen LogP contribution in [0.3, 0.4) is 0 Å². The summed E-state index contributed by atoms with van der Waals surface area (Å²) in [5.41, 5.74) is 1.91. The number of nitrogens with one attached hydrogen (secondary N) is 1. The Hall–Kier alpha value is -1.36. The molecule has 0 heterocycles. The molecule has 1 amide bonds. The summed E-state index contributed by atoms with van der Waals surface area (Å²) < 4.78 is 24.1. The zero-order valence-corrected chi connectivity index (χ0v) is 13.4. The van der Waals surface area contributed by atoms with E-state index >= 15 is 0 Å². The van der Waals surface area contributed by atoms with E-state index < -0.39 is 15.6 Å². The molecule has 0 radical (unpaired) electrons. The summed E-state index contributed by atoms with van der Waals surface area (Å²) in [4.78, 5) is 11.6. The summed E-state index contributed by atoms with van der Waals surface area (Å²) in [6.45, 7) is 4.79. The lowest BCUT2D eigenvalue weighted by Crippen LogP contribution is -2.32. The maximum atomic E-state index is 12.0. The highest BCUT2D eigenvalue weighted by atomic mass is 32.2. The number of rotatable bonds is 7. The van der Waals surface area contributed by atoms with Crippen LogP contribution in [0.25, 0.3) is 0 Å². The van der Waals surface area contributed by atoms with Crippen molar-refractivity contribution in [3.63, 3.8) is 0 Å². The monoisotopic (exact) mass is 309 g/mol. The summed E-state index contributed by atoms with van der Waals surface area (Å²) in [5, 5.41) is 2.69.